The van der Waals surface area contributed by atoms with E-state index >= 15 is 0 Å². The summed E-state index contributed by atoms with van der Waals surface area (Å²) >= 11 is 0. The maximum Gasteiger partial charge on any atom is 0.259 e. The lowest BCUT2D eigenvalue weighted by atomic mass is 9.62. The van der Waals surface area contributed by atoms with Gasteiger partial charge in [-0.1, -0.05) is 50.2 Å². The molecule has 0 amide bonds. The Kier molecular flexibility index (Phi) is 5.62. The average Bonchev–Trinajstić information content (AvgIpc) is 3.28. The minimum absolute atomic E-state index is 0.368. The zero-order valence-corrected chi connectivity index (χ0v) is 20.7. The van der Waals surface area contributed by atoms with Gasteiger partial charge in [-0.15, -0.1) is 0 Å². The van der Waals surface area contributed by atoms with E-state index in [2.05, 4.69) is 72.1 Å². The van der Waals surface area contributed by atoms with Crippen molar-refractivity contribution in [2.24, 2.45) is 5.41 Å². The van der Waals surface area contributed by atoms with Gasteiger partial charge in [0.15, 0.2) is 0 Å². The van der Waals surface area contributed by atoms with Gasteiger partial charge in [0.05, 0.1) is 5.56 Å². The van der Waals surface area contributed by atoms with Gasteiger partial charge >= 0.3 is 0 Å². The number of rotatable bonds is 7. The van der Waals surface area contributed by atoms with Crippen molar-refractivity contribution >= 4 is 0 Å². The number of likely N-dealkylation sites (tertiary alicyclic amines) is 1. The summed E-state index contributed by atoms with van der Waals surface area (Å²) < 4.78 is 11.3. The largest absolute Gasteiger partial charge is 0.380 e. The van der Waals surface area contributed by atoms with Gasteiger partial charge < -0.3 is 19.3 Å². The second kappa shape index (κ2) is 8.26. The van der Waals surface area contributed by atoms with E-state index in [0.29, 0.717) is 23.2 Å². The van der Waals surface area contributed by atoms with E-state index in [4.69, 9.17) is 9.26 Å². The highest BCUT2D eigenvalue weighted by Crippen LogP contribution is 2.50. The molecule has 5 rings (SSSR count). The molecule has 7 nitrogen and oxygen atoms in total. The number of aromatic nitrogens is 3. The lowest BCUT2D eigenvalue weighted by molar-refractivity contribution is -0.127. The van der Waals surface area contributed by atoms with E-state index in [9.17, 15) is 5.11 Å². The first-order valence-electron chi connectivity index (χ1n) is 12.1. The number of pyridine rings is 1. The van der Waals surface area contributed by atoms with Crippen LogP contribution >= 0.6 is 0 Å². The fraction of sp³-hybridized carbons (Fsp3) is 0.519. The first-order valence-corrected chi connectivity index (χ1v) is 12.1. The number of hydrogen-bond acceptors (Lipinski definition) is 7. The molecule has 2 aliphatic rings. The van der Waals surface area contributed by atoms with E-state index in [-0.39, 0.29) is 5.41 Å². The van der Waals surface area contributed by atoms with E-state index in [1.807, 2.05) is 6.07 Å². The minimum atomic E-state index is -1.22. The number of nitrogens with zero attached hydrogens (tertiary/aromatic N) is 4. The maximum atomic E-state index is 12.4. The summed E-state index contributed by atoms with van der Waals surface area (Å²) in [5.41, 5.74) is 1.49. The van der Waals surface area contributed by atoms with Crippen LogP contribution in [0, 0.1) is 5.41 Å². The van der Waals surface area contributed by atoms with Crippen LogP contribution in [0.4, 0.5) is 0 Å². The van der Waals surface area contributed by atoms with Crippen LogP contribution in [0.5, 0.6) is 0 Å². The van der Waals surface area contributed by atoms with Crippen molar-refractivity contribution in [2.75, 3.05) is 27.2 Å². The van der Waals surface area contributed by atoms with Crippen LogP contribution in [0.25, 0.3) is 11.5 Å². The van der Waals surface area contributed by atoms with Gasteiger partial charge in [0.2, 0.25) is 5.82 Å². The van der Waals surface area contributed by atoms with Gasteiger partial charge in [0.25, 0.3) is 5.89 Å². The van der Waals surface area contributed by atoms with E-state index in [1.54, 1.807) is 19.5 Å². The molecule has 1 saturated carbocycles. The van der Waals surface area contributed by atoms with Crippen LogP contribution in [-0.4, -0.2) is 52.4 Å². The molecule has 0 spiro atoms. The molecule has 1 aliphatic carbocycles. The van der Waals surface area contributed by atoms with Gasteiger partial charge in [0.1, 0.15) is 11.2 Å². The Bertz CT molecular complexity index is 1160. The molecule has 0 radical (unpaired) electrons. The van der Waals surface area contributed by atoms with Crippen LogP contribution < -0.4 is 0 Å². The molecule has 3 aromatic rings. The topological polar surface area (TPSA) is 84.5 Å². The van der Waals surface area contributed by atoms with Crippen molar-refractivity contribution in [2.45, 2.75) is 57.2 Å². The number of ether oxygens (including phenoxy) is 1. The zero-order valence-electron chi connectivity index (χ0n) is 20.7. The SMILES string of the molecule is COC1(c2noc(-c3cncc([C@@](O)(c4ccc(C(C)C)cc4)C4(C)CN(C)C4)c3)n2)CCC1. The molecule has 180 valence electrons. The molecule has 2 aromatic heterocycles. The number of methoxy groups -OCH3 is 1. The molecular formula is C27H34N4O3. The molecule has 1 N–H and O–H groups in total. The Morgan fingerprint density at radius 3 is 2.38 bits per heavy atom. The molecule has 2 fully saturated rings. The quantitative estimate of drug-likeness (QED) is 0.555. The first-order chi connectivity index (χ1) is 16.2. The third-order valence-electron chi connectivity index (χ3n) is 7.89. The van der Waals surface area contributed by atoms with Crippen LogP contribution in [0.15, 0.2) is 47.2 Å². The van der Waals surface area contributed by atoms with Crippen molar-refractivity contribution in [3.05, 3.63) is 65.2 Å². The van der Waals surface area contributed by atoms with Crippen LogP contribution in [-0.2, 0) is 15.9 Å². The summed E-state index contributed by atoms with van der Waals surface area (Å²) in [6.07, 6.45) is 6.32. The van der Waals surface area contributed by atoms with Crippen LogP contribution in [0.2, 0.25) is 0 Å². The fourth-order valence-corrected chi connectivity index (χ4v) is 5.64. The molecular weight excluding hydrogens is 428 g/mol. The van der Waals surface area contributed by atoms with Gasteiger partial charge in [-0.05, 0) is 49.4 Å². The number of benzene rings is 1. The molecule has 34 heavy (non-hydrogen) atoms. The average molecular weight is 463 g/mol. The molecule has 1 saturated heterocycles. The van der Waals surface area contributed by atoms with Crippen LogP contribution in [0.1, 0.15) is 68.5 Å². The Hall–Kier alpha value is -2.61. The first kappa shape index (κ1) is 23.1. The Labute approximate surface area is 201 Å². The summed E-state index contributed by atoms with van der Waals surface area (Å²) in [5, 5.41) is 16.6. The third kappa shape index (κ3) is 3.49. The molecule has 1 atom stereocenters. The predicted molar refractivity (Wildman–Crippen MR) is 129 cm³/mol. The standard InChI is InChI=1S/C27H34N4O3/c1-18(2)19-7-9-21(10-8-19)27(32,25(3)16-31(4)17-25)22-13-20(14-28-15-22)23-29-24(30-34-23)26(33-5)11-6-12-26/h7-10,13-15,18,32H,6,11-12,16-17H2,1-5H3/t27-/m0/s1. The fourth-order valence-electron chi connectivity index (χ4n) is 5.64. The predicted octanol–water partition coefficient (Wildman–Crippen LogP) is 4.47. The second-order valence-corrected chi connectivity index (χ2v) is 10.7. The molecule has 7 heteroatoms. The summed E-state index contributed by atoms with van der Waals surface area (Å²) in [6.45, 7) is 8.04. The van der Waals surface area contributed by atoms with Crippen molar-refractivity contribution < 1.29 is 14.4 Å². The highest BCUT2D eigenvalue weighted by atomic mass is 16.5. The van der Waals surface area contributed by atoms with Gasteiger partial charge in [-0.25, -0.2) is 0 Å². The van der Waals surface area contributed by atoms with Crippen molar-refractivity contribution in [3.8, 4) is 11.5 Å². The summed E-state index contributed by atoms with van der Waals surface area (Å²) in [6, 6.07) is 10.3. The van der Waals surface area contributed by atoms with Gasteiger partial charge in [-0.3, -0.25) is 4.98 Å². The minimum Gasteiger partial charge on any atom is -0.380 e. The Morgan fingerprint density at radius 2 is 1.82 bits per heavy atom. The number of aliphatic hydroxyl groups is 1. The smallest absolute Gasteiger partial charge is 0.259 e. The molecule has 1 aliphatic heterocycles. The summed E-state index contributed by atoms with van der Waals surface area (Å²) in [4.78, 5) is 11.4. The van der Waals surface area contributed by atoms with E-state index in [1.165, 1.54) is 5.56 Å². The zero-order chi connectivity index (χ0) is 24.1. The van der Waals surface area contributed by atoms with Crippen LogP contribution in [0.3, 0.4) is 0 Å². The molecule has 3 heterocycles. The maximum absolute atomic E-state index is 12.4. The number of hydrogen-bond donors (Lipinski definition) is 1. The lowest BCUT2D eigenvalue weighted by Gasteiger charge is -2.55. The second-order valence-electron chi connectivity index (χ2n) is 10.7. The summed E-state index contributed by atoms with van der Waals surface area (Å²) in [5.74, 6) is 1.39. The lowest BCUT2D eigenvalue weighted by Crippen LogP contribution is -2.63. The highest BCUT2D eigenvalue weighted by Gasteiger charge is 2.55. The van der Waals surface area contributed by atoms with E-state index in [0.717, 1.165) is 43.5 Å². The van der Waals surface area contributed by atoms with Crippen molar-refractivity contribution in [1.82, 2.24) is 20.0 Å². The molecule has 0 unspecified atom stereocenters. The van der Waals surface area contributed by atoms with E-state index < -0.39 is 11.2 Å². The highest BCUT2D eigenvalue weighted by molar-refractivity contribution is 5.55. The monoisotopic (exact) mass is 462 g/mol. The van der Waals surface area contributed by atoms with Gasteiger partial charge in [0, 0.05) is 43.6 Å². The summed E-state index contributed by atoms with van der Waals surface area (Å²) in [7, 11) is 3.77. The van der Waals surface area contributed by atoms with Crippen molar-refractivity contribution in [3.63, 3.8) is 0 Å². The molecule has 0 bridgehead atoms. The van der Waals surface area contributed by atoms with Crippen molar-refractivity contribution in [1.29, 1.82) is 0 Å². The Balaban J connectivity index is 1.56. The molecule has 1 aromatic carbocycles. The third-order valence-corrected chi connectivity index (χ3v) is 7.89. The normalized spacial score (nSPS) is 21.0. The Morgan fingerprint density at radius 1 is 1.12 bits per heavy atom. The van der Waals surface area contributed by atoms with Gasteiger partial charge in [-0.2, -0.15) is 4.98 Å².